The Hall–Kier alpha value is -2.50. The van der Waals surface area contributed by atoms with E-state index in [1.807, 2.05) is 12.1 Å². The summed E-state index contributed by atoms with van der Waals surface area (Å²) in [5.41, 5.74) is 2.73. The maximum Gasteiger partial charge on any atom is 0.338 e. The smallest absolute Gasteiger partial charge is 0.338 e. The van der Waals surface area contributed by atoms with E-state index in [1.54, 1.807) is 24.3 Å². The van der Waals surface area contributed by atoms with Crippen LogP contribution in [0.2, 0.25) is 0 Å². The van der Waals surface area contributed by atoms with Crippen LogP contribution in [-0.2, 0) is 43.8 Å². The number of rotatable bonds is 13. The Bertz CT molecular complexity index is 1410. The second-order valence-electron chi connectivity index (χ2n) is 8.87. The van der Waals surface area contributed by atoms with Gasteiger partial charge >= 0.3 is 22.1 Å². The molecule has 0 radical (unpaired) electrons. The van der Waals surface area contributed by atoms with E-state index in [0.29, 0.717) is 18.6 Å². The minimum atomic E-state index is -3.67. The Morgan fingerprint density at radius 1 is 0.878 bits per heavy atom. The maximum absolute atomic E-state index is 13.2. The molecule has 0 heterocycles. The molecule has 0 aromatic heterocycles. The minimum Gasteiger partial charge on any atom is -0.460 e. The third-order valence-corrected chi connectivity index (χ3v) is 7.44. The van der Waals surface area contributed by atoms with Crippen LogP contribution < -0.4 is 4.18 Å². The molecule has 0 aliphatic heterocycles. The Labute approximate surface area is 257 Å². The Morgan fingerprint density at radius 3 is 2.05 bits per heavy atom. The van der Waals surface area contributed by atoms with Crippen LogP contribution in [0.15, 0.2) is 72.8 Å². The zero-order valence-corrected chi connectivity index (χ0v) is 25.6. The van der Waals surface area contributed by atoms with E-state index in [9.17, 15) is 22.4 Å². The van der Waals surface area contributed by atoms with Crippen molar-refractivity contribution in [2.24, 2.45) is 0 Å². The van der Waals surface area contributed by atoms with E-state index in [2.05, 4.69) is 0 Å². The molecule has 0 N–H and O–H groups in total. The fourth-order valence-corrected chi connectivity index (χ4v) is 5.24. The zero-order valence-electron chi connectivity index (χ0n) is 21.7. The van der Waals surface area contributed by atoms with Gasteiger partial charge in [-0.1, -0.05) is 71.2 Å². The van der Waals surface area contributed by atoms with Gasteiger partial charge in [0, 0.05) is 0 Å². The van der Waals surface area contributed by atoms with Crippen molar-refractivity contribution >= 4 is 68.6 Å². The molecule has 7 nitrogen and oxygen atoms in total. The molecule has 3 rings (SSSR count). The van der Waals surface area contributed by atoms with Crippen molar-refractivity contribution < 1.29 is 36.1 Å². The third kappa shape index (κ3) is 12.5. The van der Waals surface area contributed by atoms with Gasteiger partial charge in [-0.15, -0.1) is 11.8 Å². The van der Waals surface area contributed by atoms with E-state index in [0.717, 1.165) is 22.9 Å². The van der Waals surface area contributed by atoms with Crippen LogP contribution in [-0.4, -0.2) is 48.0 Å². The fourth-order valence-electron chi connectivity index (χ4n) is 3.47. The topological polar surface area (TPSA) is 96.0 Å². The van der Waals surface area contributed by atoms with Crippen molar-refractivity contribution in [1.29, 1.82) is 0 Å². The zero-order chi connectivity index (χ0) is 30.0. The SMILES string of the molecule is CS(=O)(=O)Oc1ccc(C(=O)OCc2ccc(CC(SCCc3ccc(F)cc3)C(=O)OCC(Cl)(Cl)Cl)cc2)cc1. The van der Waals surface area contributed by atoms with Crippen LogP contribution in [0, 0.1) is 5.82 Å². The lowest BCUT2D eigenvalue weighted by Gasteiger charge is -2.18. The lowest BCUT2D eigenvalue weighted by molar-refractivity contribution is -0.142. The van der Waals surface area contributed by atoms with Gasteiger partial charge < -0.3 is 13.7 Å². The molecular weight excluding hydrogens is 638 g/mol. The van der Waals surface area contributed by atoms with E-state index in [1.165, 1.54) is 48.2 Å². The van der Waals surface area contributed by atoms with Gasteiger partial charge in [0.05, 0.1) is 11.8 Å². The number of benzene rings is 3. The van der Waals surface area contributed by atoms with Gasteiger partial charge in [0.2, 0.25) is 3.79 Å². The predicted octanol–water partition coefficient (Wildman–Crippen LogP) is 6.32. The molecule has 0 aliphatic carbocycles. The standard InChI is InChI=1S/C28H26Cl3FO7S2/c1-41(35,36)39-24-12-8-22(9-13-24)26(33)37-17-21-4-2-20(3-5-21)16-25(27(34)38-18-28(29,30)31)40-15-14-19-6-10-23(32)11-7-19/h2-13,25H,14-18H2,1H3. The van der Waals surface area contributed by atoms with Crippen molar-refractivity contribution in [3.63, 3.8) is 0 Å². The monoisotopic (exact) mass is 662 g/mol. The minimum absolute atomic E-state index is 0.00183. The number of hydrogen-bond acceptors (Lipinski definition) is 8. The van der Waals surface area contributed by atoms with Gasteiger partial charge in [-0.3, -0.25) is 4.79 Å². The molecule has 41 heavy (non-hydrogen) atoms. The summed E-state index contributed by atoms with van der Waals surface area (Å²) in [7, 11) is -3.67. The Kier molecular flexibility index (Phi) is 12.2. The van der Waals surface area contributed by atoms with E-state index >= 15 is 0 Å². The number of aryl methyl sites for hydroxylation is 1. The highest BCUT2D eigenvalue weighted by Crippen LogP contribution is 2.27. The van der Waals surface area contributed by atoms with Crippen LogP contribution >= 0.6 is 46.6 Å². The fraction of sp³-hybridized carbons (Fsp3) is 0.286. The first kappa shape index (κ1) is 33.0. The first-order valence-corrected chi connectivity index (χ1v) is 16.1. The highest BCUT2D eigenvalue weighted by Gasteiger charge is 2.27. The Balaban J connectivity index is 1.56. The molecule has 0 spiro atoms. The second-order valence-corrected chi connectivity index (χ2v) is 14.3. The number of carbonyl (C=O) groups excluding carboxylic acids is 2. The summed E-state index contributed by atoms with van der Waals surface area (Å²) in [4.78, 5) is 25.2. The average Bonchev–Trinajstić information content (AvgIpc) is 2.90. The van der Waals surface area contributed by atoms with Crippen molar-refractivity contribution in [3.8, 4) is 5.75 Å². The maximum atomic E-state index is 13.2. The molecule has 13 heteroatoms. The molecule has 0 aliphatic rings. The summed E-state index contributed by atoms with van der Waals surface area (Å²) < 4.78 is 49.2. The molecule has 1 atom stereocenters. The molecule has 0 saturated carbocycles. The molecule has 0 amide bonds. The van der Waals surface area contributed by atoms with Crippen LogP contribution in [0.3, 0.4) is 0 Å². The molecule has 0 bridgehead atoms. The molecule has 1 unspecified atom stereocenters. The second kappa shape index (κ2) is 15.1. The van der Waals surface area contributed by atoms with E-state index < -0.39 is 31.1 Å². The van der Waals surface area contributed by atoms with Crippen molar-refractivity contribution in [1.82, 2.24) is 0 Å². The lowest BCUT2D eigenvalue weighted by atomic mass is 10.1. The predicted molar refractivity (Wildman–Crippen MR) is 159 cm³/mol. The van der Waals surface area contributed by atoms with Gasteiger partial charge in [0.15, 0.2) is 0 Å². The molecule has 0 fully saturated rings. The highest BCUT2D eigenvalue weighted by molar-refractivity contribution is 8.00. The summed E-state index contributed by atoms with van der Waals surface area (Å²) in [6.45, 7) is -0.384. The quantitative estimate of drug-likeness (QED) is 0.119. The number of esters is 2. The summed E-state index contributed by atoms with van der Waals surface area (Å²) in [5, 5.41) is -0.582. The summed E-state index contributed by atoms with van der Waals surface area (Å²) in [6, 6.07) is 18.9. The largest absolute Gasteiger partial charge is 0.460 e. The lowest BCUT2D eigenvalue weighted by Crippen LogP contribution is -2.27. The number of halogens is 4. The van der Waals surface area contributed by atoms with Crippen LogP contribution in [0.4, 0.5) is 4.39 Å². The van der Waals surface area contributed by atoms with E-state index in [-0.39, 0.29) is 30.3 Å². The van der Waals surface area contributed by atoms with E-state index in [4.69, 9.17) is 48.5 Å². The average molecular weight is 664 g/mol. The third-order valence-electron chi connectivity index (χ3n) is 5.42. The summed E-state index contributed by atoms with van der Waals surface area (Å²) in [5.74, 6) is -0.763. The number of thioether (sulfide) groups is 1. The van der Waals surface area contributed by atoms with Gasteiger partial charge in [-0.05, 0) is 71.7 Å². The molecule has 3 aromatic carbocycles. The first-order valence-electron chi connectivity index (χ1n) is 12.1. The van der Waals surface area contributed by atoms with Crippen molar-refractivity contribution in [2.75, 3.05) is 18.6 Å². The number of ether oxygens (including phenoxy) is 2. The van der Waals surface area contributed by atoms with Crippen LogP contribution in [0.25, 0.3) is 0 Å². The normalized spacial score (nSPS) is 12.4. The summed E-state index contributed by atoms with van der Waals surface area (Å²) >= 11 is 18.6. The van der Waals surface area contributed by atoms with Crippen molar-refractivity contribution in [2.45, 2.75) is 28.5 Å². The van der Waals surface area contributed by atoms with Crippen LogP contribution in [0.1, 0.15) is 27.0 Å². The van der Waals surface area contributed by atoms with Crippen molar-refractivity contribution in [3.05, 3.63) is 101 Å². The number of alkyl halides is 3. The number of carbonyl (C=O) groups is 2. The highest BCUT2D eigenvalue weighted by atomic mass is 35.6. The molecule has 220 valence electrons. The molecular formula is C28H26Cl3FO7S2. The van der Waals surface area contributed by atoms with Gasteiger partial charge in [-0.25, -0.2) is 9.18 Å². The Morgan fingerprint density at radius 2 is 1.46 bits per heavy atom. The molecule has 0 saturated heterocycles. The summed E-state index contributed by atoms with van der Waals surface area (Å²) in [6.07, 6.45) is 1.89. The molecule has 3 aromatic rings. The number of hydrogen-bond donors (Lipinski definition) is 0. The van der Waals surface area contributed by atoms with Gasteiger partial charge in [0.25, 0.3) is 0 Å². The van der Waals surface area contributed by atoms with Crippen LogP contribution in [0.5, 0.6) is 5.75 Å². The van der Waals surface area contributed by atoms with Gasteiger partial charge in [-0.2, -0.15) is 8.42 Å². The first-order chi connectivity index (χ1) is 19.3. The van der Waals surface area contributed by atoms with Gasteiger partial charge in [0.1, 0.15) is 30.0 Å².